The molecular weight excluding hydrogens is 208 g/mol. The fraction of sp³-hybridized carbons (Fsp3) is 0.200. The summed E-state index contributed by atoms with van der Waals surface area (Å²) in [5.41, 5.74) is 10.3. The molecule has 0 bridgehead atoms. The van der Waals surface area contributed by atoms with Crippen LogP contribution in [0.3, 0.4) is 0 Å². The third kappa shape index (κ3) is 3.25. The number of anilines is 2. The lowest BCUT2D eigenvalue weighted by Gasteiger charge is -2.09. The Hall–Kier alpha value is -1.96. The van der Waals surface area contributed by atoms with Crippen molar-refractivity contribution in [3.8, 4) is 0 Å². The molecule has 88 valence electrons. The molecule has 0 saturated heterocycles. The fourth-order valence-corrected chi connectivity index (χ4v) is 1.87. The van der Waals surface area contributed by atoms with Crippen LogP contribution in [0.25, 0.3) is 0 Å². The molecular formula is C15H18N2. The predicted molar refractivity (Wildman–Crippen MR) is 74.2 cm³/mol. The number of nitrogens with two attached hydrogens (primary N) is 1. The Bertz CT molecular complexity index is 492. The zero-order chi connectivity index (χ0) is 12.1. The quantitative estimate of drug-likeness (QED) is 0.785. The van der Waals surface area contributed by atoms with Crippen LogP contribution in [0.1, 0.15) is 11.1 Å². The largest absolute Gasteiger partial charge is 0.397 e. The number of nitrogen functional groups attached to an aromatic ring is 1. The summed E-state index contributed by atoms with van der Waals surface area (Å²) in [4.78, 5) is 0. The van der Waals surface area contributed by atoms with Gasteiger partial charge in [0.25, 0.3) is 0 Å². The zero-order valence-electron chi connectivity index (χ0n) is 10.1. The Morgan fingerprint density at radius 2 is 1.88 bits per heavy atom. The molecule has 0 aliphatic heterocycles. The van der Waals surface area contributed by atoms with Crippen LogP contribution in [0.4, 0.5) is 11.4 Å². The predicted octanol–water partition coefficient (Wildman–Crippen LogP) is 3.23. The maximum atomic E-state index is 5.86. The van der Waals surface area contributed by atoms with Crippen LogP contribution in [-0.2, 0) is 6.42 Å². The lowest BCUT2D eigenvalue weighted by molar-refractivity contribution is 1.02. The Labute approximate surface area is 102 Å². The maximum absolute atomic E-state index is 5.86. The summed E-state index contributed by atoms with van der Waals surface area (Å²) in [6.07, 6.45) is 1.01. The summed E-state index contributed by atoms with van der Waals surface area (Å²) in [6, 6.07) is 16.4. The van der Waals surface area contributed by atoms with Crippen LogP contribution in [-0.4, -0.2) is 6.54 Å². The smallest absolute Gasteiger partial charge is 0.0574 e. The van der Waals surface area contributed by atoms with E-state index in [9.17, 15) is 0 Å². The van der Waals surface area contributed by atoms with Gasteiger partial charge in [-0.25, -0.2) is 0 Å². The van der Waals surface area contributed by atoms with Gasteiger partial charge in [-0.3, -0.25) is 0 Å². The van der Waals surface area contributed by atoms with E-state index >= 15 is 0 Å². The number of aryl methyl sites for hydroxylation is 1. The van der Waals surface area contributed by atoms with Crippen LogP contribution in [0.5, 0.6) is 0 Å². The number of rotatable bonds is 4. The Kier molecular flexibility index (Phi) is 3.66. The fourth-order valence-electron chi connectivity index (χ4n) is 1.87. The van der Waals surface area contributed by atoms with E-state index in [4.69, 9.17) is 5.73 Å². The zero-order valence-corrected chi connectivity index (χ0v) is 10.1. The maximum Gasteiger partial charge on any atom is 0.0574 e. The molecule has 0 fully saturated rings. The first-order valence-electron chi connectivity index (χ1n) is 5.89. The normalized spacial score (nSPS) is 10.2. The number of nitrogens with one attached hydrogen (secondary N) is 1. The second-order valence-corrected chi connectivity index (χ2v) is 4.25. The van der Waals surface area contributed by atoms with Crippen molar-refractivity contribution in [1.29, 1.82) is 0 Å². The highest BCUT2D eigenvalue weighted by Gasteiger charge is 1.97. The first-order chi connectivity index (χ1) is 8.25. The SMILES string of the molecule is Cc1cccc(CCNc2ccccc2N)c1. The van der Waals surface area contributed by atoms with Crippen LogP contribution in [0.15, 0.2) is 48.5 Å². The Balaban J connectivity index is 1.90. The van der Waals surface area contributed by atoms with Gasteiger partial charge in [0.15, 0.2) is 0 Å². The van der Waals surface area contributed by atoms with Crippen molar-refractivity contribution >= 4 is 11.4 Å². The van der Waals surface area contributed by atoms with Crippen molar-refractivity contribution in [2.75, 3.05) is 17.6 Å². The summed E-state index contributed by atoms with van der Waals surface area (Å²) >= 11 is 0. The van der Waals surface area contributed by atoms with Gasteiger partial charge >= 0.3 is 0 Å². The van der Waals surface area contributed by atoms with Crippen molar-refractivity contribution in [1.82, 2.24) is 0 Å². The molecule has 2 aromatic carbocycles. The van der Waals surface area contributed by atoms with E-state index in [1.54, 1.807) is 0 Å². The van der Waals surface area contributed by atoms with Gasteiger partial charge in [-0.2, -0.15) is 0 Å². The molecule has 2 rings (SSSR count). The molecule has 0 aliphatic rings. The van der Waals surface area contributed by atoms with E-state index in [1.165, 1.54) is 11.1 Å². The molecule has 0 saturated carbocycles. The lowest BCUT2D eigenvalue weighted by atomic mass is 10.1. The van der Waals surface area contributed by atoms with E-state index in [2.05, 4.69) is 36.5 Å². The molecule has 2 nitrogen and oxygen atoms in total. The van der Waals surface area contributed by atoms with E-state index in [0.29, 0.717) is 0 Å². The lowest BCUT2D eigenvalue weighted by Crippen LogP contribution is -2.06. The van der Waals surface area contributed by atoms with Crippen molar-refractivity contribution < 1.29 is 0 Å². The summed E-state index contributed by atoms with van der Waals surface area (Å²) in [5.74, 6) is 0. The molecule has 0 radical (unpaired) electrons. The molecule has 0 heterocycles. The average molecular weight is 226 g/mol. The van der Waals surface area contributed by atoms with E-state index < -0.39 is 0 Å². The number of hydrogen-bond acceptors (Lipinski definition) is 2. The van der Waals surface area contributed by atoms with Crippen LogP contribution in [0, 0.1) is 6.92 Å². The van der Waals surface area contributed by atoms with Crippen molar-refractivity contribution in [3.05, 3.63) is 59.7 Å². The van der Waals surface area contributed by atoms with Crippen molar-refractivity contribution in [2.24, 2.45) is 0 Å². The second kappa shape index (κ2) is 5.39. The van der Waals surface area contributed by atoms with Crippen LogP contribution in [0.2, 0.25) is 0 Å². The van der Waals surface area contributed by atoms with Gasteiger partial charge in [0.05, 0.1) is 11.4 Å². The molecule has 2 aromatic rings. The van der Waals surface area contributed by atoms with Gasteiger partial charge in [-0.1, -0.05) is 42.0 Å². The molecule has 0 spiro atoms. The number of hydrogen-bond donors (Lipinski definition) is 2. The minimum atomic E-state index is 0.803. The van der Waals surface area contributed by atoms with Crippen molar-refractivity contribution in [3.63, 3.8) is 0 Å². The molecule has 2 heteroatoms. The molecule has 0 unspecified atom stereocenters. The topological polar surface area (TPSA) is 38.0 Å². The minimum Gasteiger partial charge on any atom is -0.397 e. The van der Waals surface area contributed by atoms with Crippen molar-refractivity contribution in [2.45, 2.75) is 13.3 Å². The van der Waals surface area contributed by atoms with Gasteiger partial charge in [0.1, 0.15) is 0 Å². The summed E-state index contributed by atoms with van der Waals surface area (Å²) in [6.45, 7) is 3.02. The molecule has 0 amide bonds. The molecule has 0 aromatic heterocycles. The highest BCUT2D eigenvalue weighted by Crippen LogP contribution is 2.16. The molecule has 0 aliphatic carbocycles. The average Bonchev–Trinajstić information content (AvgIpc) is 2.32. The standard InChI is InChI=1S/C15H18N2/c1-12-5-4-6-13(11-12)9-10-17-15-8-3-2-7-14(15)16/h2-8,11,17H,9-10,16H2,1H3. The number of para-hydroxylation sites is 2. The molecule has 0 atom stereocenters. The van der Waals surface area contributed by atoms with Gasteiger partial charge in [-0.05, 0) is 31.0 Å². The highest BCUT2D eigenvalue weighted by atomic mass is 14.9. The second-order valence-electron chi connectivity index (χ2n) is 4.25. The van der Waals surface area contributed by atoms with Gasteiger partial charge in [-0.15, -0.1) is 0 Å². The highest BCUT2D eigenvalue weighted by molar-refractivity contribution is 5.65. The Morgan fingerprint density at radius 1 is 1.06 bits per heavy atom. The van der Waals surface area contributed by atoms with Gasteiger partial charge < -0.3 is 11.1 Å². The minimum absolute atomic E-state index is 0.803. The van der Waals surface area contributed by atoms with Gasteiger partial charge in [0, 0.05) is 6.54 Å². The molecule has 17 heavy (non-hydrogen) atoms. The first-order valence-corrected chi connectivity index (χ1v) is 5.89. The third-order valence-corrected chi connectivity index (χ3v) is 2.77. The Morgan fingerprint density at radius 3 is 2.65 bits per heavy atom. The van der Waals surface area contributed by atoms with E-state index in [0.717, 1.165) is 24.3 Å². The third-order valence-electron chi connectivity index (χ3n) is 2.77. The van der Waals surface area contributed by atoms with Crippen LogP contribution < -0.4 is 11.1 Å². The number of benzene rings is 2. The monoisotopic (exact) mass is 226 g/mol. The van der Waals surface area contributed by atoms with Crippen LogP contribution >= 0.6 is 0 Å². The van der Waals surface area contributed by atoms with E-state index in [-0.39, 0.29) is 0 Å². The van der Waals surface area contributed by atoms with E-state index in [1.807, 2.05) is 24.3 Å². The summed E-state index contributed by atoms with van der Waals surface area (Å²) in [5, 5.41) is 3.36. The summed E-state index contributed by atoms with van der Waals surface area (Å²) in [7, 11) is 0. The van der Waals surface area contributed by atoms with Gasteiger partial charge in [0.2, 0.25) is 0 Å². The first kappa shape index (κ1) is 11.5. The molecule has 3 N–H and O–H groups in total. The summed E-state index contributed by atoms with van der Waals surface area (Å²) < 4.78 is 0.